The number of carboxylic acid groups (broad SMARTS) is 1. The summed E-state index contributed by atoms with van der Waals surface area (Å²) in [6.45, 7) is 5.68. The molecule has 6 amide bonds. The highest BCUT2D eigenvalue weighted by atomic mass is 35.5. The number of primary amides is 1. The highest BCUT2D eigenvalue weighted by Gasteiger charge is 2.51. The first-order valence-corrected chi connectivity index (χ1v) is 32.6. The second kappa shape index (κ2) is 31.5. The summed E-state index contributed by atoms with van der Waals surface area (Å²) < 4.78 is 38.3. The van der Waals surface area contributed by atoms with Crippen LogP contribution in [-0.2, 0) is 52.6 Å². The summed E-state index contributed by atoms with van der Waals surface area (Å²) in [7, 11) is 1.48. The van der Waals surface area contributed by atoms with Gasteiger partial charge < -0.3 is 123 Å². The molecule has 550 valence electrons. The monoisotopic (exact) mass is 1480 g/mol. The van der Waals surface area contributed by atoms with Crippen LogP contribution < -0.4 is 57.6 Å². The fourth-order valence-electron chi connectivity index (χ4n) is 12.8. The first-order chi connectivity index (χ1) is 47.7. The maximum atomic E-state index is 16.0. The summed E-state index contributed by atoms with van der Waals surface area (Å²) in [5, 5.41) is 128. The van der Waals surface area contributed by atoms with E-state index in [0.717, 1.165) is 60.7 Å². The van der Waals surface area contributed by atoms with Crippen LogP contribution in [0.1, 0.15) is 112 Å². The fraction of sp³-hybridized carbons (Fsp3) is 0.433. The Balaban J connectivity index is 0.0000121. The molecule has 18 atom stereocenters. The molecule has 12 rings (SSSR count). The molecule has 5 aromatic rings. The first kappa shape index (κ1) is 77.4. The number of carbonyl (C=O) groups is 8. The SMILES string of the molecule is CN[C@H](CC(C)C)C(=O)NC1C(=O)N[C@@H](CC(N)=O)C(=O)N[C@H]2C(=O)NC3C(=O)C[C@H](C(=O)N[C@@H](C(=O)O)c4cc(O)cc(O)c4-c4cc3ccc4O)[C@H](O)c3ccc(c(Cl)c3)Oc3cc2cc(c3O[C@@H]2OC(CO)[C@@H](O)[C@H](O)[C@H]2O[C@H]2C[C@](C)(N)[C@H](O)[C@H](C)O2)Oc2ccc(cc2Cl)[C@H]1O.Cl. The van der Waals surface area contributed by atoms with Gasteiger partial charge in [-0.25, -0.2) is 4.79 Å². The average Bonchev–Trinajstić information content (AvgIpc) is 0.773. The number of ether oxygens (including phenoxy) is 6. The molecule has 7 heterocycles. The molecule has 0 radical (unpaired) electrons. The molecule has 7 aliphatic rings. The zero-order valence-electron chi connectivity index (χ0n) is 54.9. The van der Waals surface area contributed by atoms with Gasteiger partial charge >= 0.3 is 5.97 Å². The van der Waals surface area contributed by atoms with Gasteiger partial charge in [0.05, 0.1) is 53.3 Å². The average molecular weight is 1480 g/mol. The quantitative estimate of drug-likeness (QED) is 0.0796. The topological polar surface area (TPSA) is 518 Å². The molecule has 2 saturated heterocycles. The number of carbonyl (C=O) groups excluding carboxylic acids is 7. The number of phenols is 3. The Labute approximate surface area is 597 Å². The second-order valence-corrected chi connectivity index (χ2v) is 26.8. The number of nitrogens with one attached hydrogen (secondary N) is 6. The Kier molecular flexibility index (Phi) is 23.9. The Morgan fingerprint density at radius 3 is 1.93 bits per heavy atom. The molecule has 5 aromatic carbocycles. The van der Waals surface area contributed by atoms with Gasteiger partial charge in [0.25, 0.3) is 0 Å². The van der Waals surface area contributed by atoms with Gasteiger partial charge in [0.15, 0.2) is 35.7 Å². The third-order valence-electron chi connectivity index (χ3n) is 18.1. The molecular weight excluding hydrogens is 1410 g/mol. The van der Waals surface area contributed by atoms with Crippen LogP contribution in [0.5, 0.6) is 46.0 Å². The van der Waals surface area contributed by atoms with Gasteiger partial charge in [0.1, 0.15) is 77.3 Å². The summed E-state index contributed by atoms with van der Waals surface area (Å²) in [5.74, 6) is -17.4. The summed E-state index contributed by atoms with van der Waals surface area (Å²) in [6.07, 6.45) is -19.5. The molecule has 2 fully saturated rings. The van der Waals surface area contributed by atoms with Crippen molar-refractivity contribution < 1.29 is 118 Å². The van der Waals surface area contributed by atoms with Gasteiger partial charge in [-0.1, -0.05) is 55.2 Å². The smallest absolute Gasteiger partial charge is 0.330 e. The summed E-state index contributed by atoms with van der Waals surface area (Å²) in [6, 6.07) is 2.12. The number of aliphatic hydroxyl groups excluding tert-OH is 6. The van der Waals surface area contributed by atoms with Crippen LogP contribution in [0.2, 0.25) is 10.0 Å². The van der Waals surface area contributed by atoms with E-state index < -0.39 is 238 Å². The molecule has 0 spiro atoms. The van der Waals surface area contributed by atoms with Crippen molar-refractivity contribution in [1.82, 2.24) is 31.9 Å². The number of phenolic OH excluding ortho intramolecular Hbond substituents is 3. The number of benzene rings is 5. The van der Waals surface area contributed by atoms with Crippen LogP contribution in [0.3, 0.4) is 0 Å². The number of aromatic hydroxyl groups is 3. The van der Waals surface area contributed by atoms with E-state index in [1.807, 2.05) is 13.8 Å². The molecule has 0 aromatic heterocycles. The van der Waals surface area contributed by atoms with Crippen molar-refractivity contribution in [1.29, 1.82) is 0 Å². The van der Waals surface area contributed by atoms with Crippen LogP contribution >= 0.6 is 35.6 Å². The lowest BCUT2D eigenvalue weighted by molar-refractivity contribution is -0.333. The van der Waals surface area contributed by atoms with E-state index in [1.54, 1.807) is 0 Å². The number of nitrogens with two attached hydrogens (primary N) is 2. The lowest BCUT2D eigenvalue weighted by atomic mass is 9.84. The second-order valence-electron chi connectivity index (χ2n) is 26.0. The van der Waals surface area contributed by atoms with Gasteiger partial charge in [-0.15, -0.1) is 12.4 Å². The number of amides is 6. The molecule has 0 aliphatic carbocycles. The van der Waals surface area contributed by atoms with Gasteiger partial charge in [-0.3, -0.25) is 33.6 Å². The number of Topliss-reactive ketones (excluding diaryl/α,β-unsaturated/α-hetero) is 1. The van der Waals surface area contributed by atoms with E-state index in [1.165, 1.54) is 39.1 Å². The fourth-order valence-corrected chi connectivity index (χ4v) is 13.2. The number of aliphatic hydroxyl groups is 6. The van der Waals surface area contributed by atoms with Crippen molar-refractivity contribution in [2.24, 2.45) is 23.3 Å². The molecule has 11 bridgehead atoms. The first-order valence-electron chi connectivity index (χ1n) is 31.8. The zero-order valence-corrected chi connectivity index (χ0v) is 57.3. The number of hydrogen-bond donors (Lipinski definition) is 18. The number of likely N-dealkylation sites (N-methyl/N-ethyl adjacent to an activating group) is 1. The maximum Gasteiger partial charge on any atom is 0.330 e. The Morgan fingerprint density at radius 2 is 1.35 bits per heavy atom. The molecule has 3 unspecified atom stereocenters. The third-order valence-corrected chi connectivity index (χ3v) is 18.7. The van der Waals surface area contributed by atoms with Crippen LogP contribution in [0.25, 0.3) is 11.1 Å². The molecule has 32 nitrogen and oxygen atoms in total. The summed E-state index contributed by atoms with van der Waals surface area (Å²) in [4.78, 5) is 117. The lowest BCUT2D eigenvalue weighted by Gasteiger charge is -2.47. The van der Waals surface area contributed by atoms with Crippen molar-refractivity contribution in [3.63, 3.8) is 0 Å². The number of aliphatic carboxylic acids is 1. The van der Waals surface area contributed by atoms with Crippen molar-refractivity contribution in [2.75, 3.05) is 13.7 Å². The van der Waals surface area contributed by atoms with Crippen molar-refractivity contribution in [3.8, 4) is 57.1 Å². The lowest BCUT2D eigenvalue weighted by Crippen LogP contribution is -2.64. The molecule has 0 saturated carbocycles. The Bertz CT molecular complexity index is 4080. The minimum atomic E-state index is -2.32. The number of halogens is 3. The predicted molar refractivity (Wildman–Crippen MR) is 358 cm³/mol. The highest BCUT2D eigenvalue weighted by molar-refractivity contribution is 6.32. The van der Waals surface area contributed by atoms with Crippen molar-refractivity contribution >= 4 is 82.8 Å². The van der Waals surface area contributed by atoms with Crippen molar-refractivity contribution in [3.05, 3.63) is 117 Å². The standard InChI is InChI=1S/C67H76Cl2N8O24.ClH/c1-24(2)12-36(72-5)61(90)77-52-54(85)28-8-11-42(35(69)15-28)98-44-17-29-16-43(57(44)101-66-58(56(87)55(86)45(23-78)99-66)100-47-22-67(4,71)59(88)25(3)96-47)97-41-10-7-27(14-34(41)68)53(84)33-20-40(82)49(74-63(92)50(29)75-62(91)37(21-46(70)83)73-64(52)93)26-6-9-38(80)31(13-26)48-32(18-30(79)19-39(48)81)51(65(94)95)76-60(33)89;/h6-11,13-19,24-25,33,36-37,45,47,49-56,58-59,66,72,78-81,84-88H,12,20-23,71H2,1-5H3,(H2,70,83)(H,73,93)(H,74,92)(H,75,91)(H,76,89)(H,77,90)(H,94,95);1H/t25-,33-,36+,37-,45?,47-,49?,50+,51+,52?,53+,54+,55+,56-,58+,59+,66-,67-;/m0./s1. The zero-order chi connectivity index (χ0) is 73.5. The van der Waals surface area contributed by atoms with Crippen molar-refractivity contribution in [2.45, 2.75) is 157 Å². The minimum absolute atomic E-state index is 0. The van der Waals surface area contributed by atoms with E-state index in [0.29, 0.717) is 0 Å². The number of fused-ring (bicyclic) bond motifs is 15. The third kappa shape index (κ3) is 16.4. The van der Waals surface area contributed by atoms with E-state index in [2.05, 4.69) is 31.9 Å². The molecule has 20 N–H and O–H groups in total. The van der Waals surface area contributed by atoms with E-state index in [9.17, 15) is 75.0 Å². The number of ketones is 1. The Morgan fingerprint density at radius 1 is 0.735 bits per heavy atom. The van der Waals surface area contributed by atoms with Gasteiger partial charge in [-0.2, -0.15) is 0 Å². The van der Waals surface area contributed by atoms with Gasteiger partial charge in [0.2, 0.25) is 47.5 Å². The van der Waals surface area contributed by atoms with Crippen LogP contribution in [-0.4, -0.2) is 185 Å². The van der Waals surface area contributed by atoms with Crippen LogP contribution in [0.4, 0.5) is 0 Å². The normalized spacial score (nSPS) is 29.2. The van der Waals surface area contributed by atoms with Gasteiger partial charge in [0, 0.05) is 41.1 Å². The largest absolute Gasteiger partial charge is 0.508 e. The molecular formula is C67H77Cl3N8O24. The molecule has 102 heavy (non-hydrogen) atoms. The summed E-state index contributed by atoms with van der Waals surface area (Å²) in [5.41, 5.74) is 8.24. The number of rotatable bonds is 13. The number of carboxylic acids is 1. The van der Waals surface area contributed by atoms with Crippen LogP contribution in [0, 0.1) is 11.8 Å². The number of hydrogen-bond acceptors (Lipinski definition) is 25. The van der Waals surface area contributed by atoms with Gasteiger partial charge in [-0.05, 0) is 110 Å². The minimum Gasteiger partial charge on any atom is -0.508 e. The molecule has 7 aliphatic heterocycles. The maximum absolute atomic E-state index is 16.0. The predicted octanol–water partition coefficient (Wildman–Crippen LogP) is 1.62. The van der Waals surface area contributed by atoms with E-state index >= 15 is 14.4 Å². The summed E-state index contributed by atoms with van der Waals surface area (Å²) >= 11 is 14.1. The van der Waals surface area contributed by atoms with E-state index in [-0.39, 0.29) is 64.4 Å². The molecule has 35 heteroatoms. The highest BCUT2D eigenvalue weighted by Crippen LogP contribution is 2.50. The Hall–Kier alpha value is -8.71. The van der Waals surface area contributed by atoms with Crippen LogP contribution in [0.15, 0.2) is 78.9 Å². The van der Waals surface area contributed by atoms with E-state index in [4.69, 9.17) is 63.1 Å².